The van der Waals surface area contributed by atoms with Crippen LogP contribution < -0.4 is 0 Å². The van der Waals surface area contributed by atoms with Gasteiger partial charge in [0.15, 0.2) is 0 Å². The SMILES string of the molecule is c1cc2ccc3c(-c4ccc5cc(-c6ccc7c(c6)c6ccccc6c6nccnc76)ccc5c4)ccc4sc(c1)c2c43. The summed E-state index contributed by atoms with van der Waals surface area (Å²) < 4.78 is 2.73. The number of aromatic nitrogens is 2. The van der Waals surface area contributed by atoms with Crippen LogP contribution in [0.3, 0.4) is 0 Å². The number of thiophene rings is 1. The van der Waals surface area contributed by atoms with E-state index in [9.17, 15) is 0 Å². The predicted molar refractivity (Wildman–Crippen MR) is 185 cm³/mol. The number of rotatable bonds is 2. The van der Waals surface area contributed by atoms with Crippen LogP contribution in [0.15, 0.2) is 134 Å². The summed E-state index contributed by atoms with van der Waals surface area (Å²) in [5, 5.41) is 12.6. The van der Waals surface area contributed by atoms with Crippen molar-refractivity contribution in [2.75, 3.05) is 0 Å². The first kappa shape index (κ1) is 23.2. The molecule has 0 spiro atoms. The van der Waals surface area contributed by atoms with Gasteiger partial charge in [-0.25, -0.2) is 0 Å². The van der Waals surface area contributed by atoms with E-state index in [1.807, 2.05) is 11.3 Å². The molecule has 0 aliphatic carbocycles. The molecule has 2 nitrogen and oxygen atoms in total. The molecule has 43 heavy (non-hydrogen) atoms. The second-order valence-electron chi connectivity index (χ2n) is 11.4. The van der Waals surface area contributed by atoms with Gasteiger partial charge in [-0.15, -0.1) is 11.3 Å². The van der Waals surface area contributed by atoms with Crippen LogP contribution in [0, 0.1) is 0 Å². The lowest BCUT2D eigenvalue weighted by atomic mass is 9.92. The predicted octanol–water partition coefficient (Wildman–Crippen LogP) is 11.4. The van der Waals surface area contributed by atoms with Crippen molar-refractivity contribution in [2.24, 2.45) is 0 Å². The third kappa shape index (κ3) is 3.28. The number of hydrogen-bond donors (Lipinski definition) is 0. The molecule has 2 aromatic heterocycles. The van der Waals surface area contributed by atoms with Crippen LogP contribution in [0.2, 0.25) is 0 Å². The Balaban J connectivity index is 1.11. The van der Waals surface area contributed by atoms with Crippen molar-refractivity contribution in [2.45, 2.75) is 0 Å². The lowest BCUT2D eigenvalue weighted by molar-refractivity contribution is 1.31. The molecule has 10 rings (SSSR count). The zero-order valence-electron chi connectivity index (χ0n) is 23.0. The van der Waals surface area contributed by atoms with E-state index in [2.05, 4.69) is 126 Å². The Bertz CT molecular complexity index is 2700. The van der Waals surface area contributed by atoms with Gasteiger partial charge in [0, 0.05) is 43.3 Å². The van der Waals surface area contributed by atoms with Crippen molar-refractivity contribution >= 4 is 85.6 Å². The highest BCUT2D eigenvalue weighted by molar-refractivity contribution is 7.26. The Morgan fingerprint density at radius 3 is 1.91 bits per heavy atom. The molecule has 0 fully saturated rings. The van der Waals surface area contributed by atoms with Gasteiger partial charge in [0.1, 0.15) is 0 Å². The zero-order chi connectivity index (χ0) is 28.1. The average molecular weight is 563 g/mol. The van der Waals surface area contributed by atoms with Crippen LogP contribution in [0.1, 0.15) is 0 Å². The number of benzene rings is 8. The van der Waals surface area contributed by atoms with Gasteiger partial charge in [-0.2, -0.15) is 0 Å². The van der Waals surface area contributed by atoms with Crippen LogP contribution in [0.25, 0.3) is 96.5 Å². The molecule has 8 aromatic carbocycles. The smallest absolute Gasteiger partial charge is 0.0971 e. The Morgan fingerprint density at radius 2 is 1.05 bits per heavy atom. The monoisotopic (exact) mass is 562 g/mol. The molecular weight excluding hydrogens is 541 g/mol. The molecular formula is C40H22N2S. The van der Waals surface area contributed by atoms with Crippen LogP contribution in [-0.2, 0) is 0 Å². The van der Waals surface area contributed by atoms with Gasteiger partial charge < -0.3 is 0 Å². The Labute approximate surface area is 250 Å². The molecule has 0 radical (unpaired) electrons. The minimum atomic E-state index is 0.951. The maximum Gasteiger partial charge on any atom is 0.0971 e. The fraction of sp³-hybridized carbons (Fsp3) is 0. The summed E-state index contributed by atoms with van der Waals surface area (Å²) in [6.07, 6.45) is 3.56. The molecule has 198 valence electrons. The molecule has 0 atom stereocenters. The second kappa shape index (κ2) is 8.57. The normalized spacial score (nSPS) is 12.2. The van der Waals surface area contributed by atoms with Gasteiger partial charge in [0.25, 0.3) is 0 Å². The van der Waals surface area contributed by atoms with Crippen LogP contribution >= 0.6 is 11.3 Å². The highest BCUT2D eigenvalue weighted by atomic mass is 32.1. The standard InChI is InChI=1S/C40H22N2S/c1-2-6-32-30(5-1)34-22-27(13-15-33(34)40-39(32)41-18-19-42-40)25-8-9-26-21-28(11-10-24(26)20-25)29-16-17-36-38-31(29)14-12-23-4-3-7-35(43-36)37(23)38/h1-22H. The van der Waals surface area contributed by atoms with E-state index in [0.29, 0.717) is 0 Å². The Hall–Kier alpha value is -5.38. The first-order valence-electron chi connectivity index (χ1n) is 14.6. The molecule has 3 heteroatoms. The van der Waals surface area contributed by atoms with E-state index < -0.39 is 0 Å². The molecule has 0 saturated carbocycles. The quantitative estimate of drug-likeness (QED) is 0.196. The van der Waals surface area contributed by atoms with E-state index in [1.54, 1.807) is 12.4 Å². The summed E-state index contributed by atoms with van der Waals surface area (Å²) in [6.45, 7) is 0. The molecule has 0 amide bonds. The number of nitrogens with zero attached hydrogens (tertiary/aromatic N) is 2. The average Bonchev–Trinajstić information content (AvgIpc) is 3.47. The van der Waals surface area contributed by atoms with E-state index in [4.69, 9.17) is 4.98 Å². The summed E-state index contributed by atoms with van der Waals surface area (Å²) in [6, 6.07) is 44.8. The highest BCUT2D eigenvalue weighted by Gasteiger charge is 2.15. The van der Waals surface area contributed by atoms with Crippen molar-refractivity contribution in [3.05, 3.63) is 134 Å². The van der Waals surface area contributed by atoms with Gasteiger partial charge >= 0.3 is 0 Å². The molecule has 2 heterocycles. The minimum Gasteiger partial charge on any atom is -0.252 e. The van der Waals surface area contributed by atoms with Crippen molar-refractivity contribution in [1.29, 1.82) is 0 Å². The lowest BCUT2D eigenvalue weighted by Crippen LogP contribution is -1.89. The van der Waals surface area contributed by atoms with E-state index in [0.717, 1.165) is 21.8 Å². The summed E-state index contributed by atoms with van der Waals surface area (Å²) in [7, 11) is 0. The first-order chi connectivity index (χ1) is 21.3. The topological polar surface area (TPSA) is 25.8 Å². The maximum atomic E-state index is 4.71. The maximum absolute atomic E-state index is 4.71. The molecule has 0 unspecified atom stereocenters. The summed E-state index contributed by atoms with van der Waals surface area (Å²) in [4.78, 5) is 9.39. The van der Waals surface area contributed by atoms with E-state index >= 15 is 0 Å². The molecule has 0 saturated heterocycles. The molecule has 0 bridgehead atoms. The van der Waals surface area contributed by atoms with Gasteiger partial charge in [0.2, 0.25) is 0 Å². The molecule has 0 N–H and O–H groups in total. The van der Waals surface area contributed by atoms with Crippen LogP contribution in [0.4, 0.5) is 0 Å². The minimum absolute atomic E-state index is 0.951. The van der Waals surface area contributed by atoms with Crippen molar-refractivity contribution in [3.63, 3.8) is 0 Å². The molecule has 0 aliphatic rings. The van der Waals surface area contributed by atoms with E-state index in [1.165, 1.54) is 74.7 Å². The summed E-state index contributed by atoms with van der Waals surface area (Å²) in [5.74, 6) is 0. The largest absolute Gasteiger partial charge is 0.252 e. The second-order valence-corrected chi connectivity index (χ2v) is 12.5. The van der Waals surface area contributed by atoms with Gasteiger partial charge in [-0.1, -0.05) is 91.0 Å². The number of hydrogen-bond acceptors (Lipinski definition) is 3. The lowest BCUT2D eigenvalue weighted by Gasteiger charge is -2.12. The third-order valence-electron chi connectivity index (χ3n) is 9.10. The van der Waals surface area contributed by atoms with Crippen molar-refractivity contribution in [1.82, 2.24) is 9.97 Å². The van der Waals surface area contributed by atoms with E-state index in [-0.39, 0.29) is 0 Å². The summed E-state index contributed by atoms with van der Waals surface area (Å²) >= 11 is 1.89. The number of fused-ring (bicyclic) bond motifs is 7. The molecule has 0 aliphatic heterocycles. The third-order valence-corrected chi connectivity index (χ3v) is 10.2. The van der Waals surface area contributed by atoms with Crippen molar-refractivity contribution < 1.29 is 0 Å². The fourth-order valence-corrected chi connectivity index (χ4v) is 8.26. The first-order valence-corrected chi connectivity index (χ1v) is 15.4. The zero-order valence-corrected chi connectivity index (χ0v) is 23.8. The molecule has 10 aromatic rings. The van der Waals surface area contributed by atoms with Crippen LogP contribution in [0.5, 0.6) is 0 Å². The van der Waals surface area contributed by atoms with Crippen LogP contribution in [-0.4, -0.2) is 9.97 Å². The fourth-order valence-electron chi connectivity index (χ4n) is 7.10. The van der Waals surface area contributed by atoms with Crippen molar-refractivity contribution in [3.8, 4) is 22.3 Å². The highest BCUT2D eigenvalue weighted by Crippen LogP contribution is 2.44. The Morgan fingerprint density at radius 1 is 0.395 bits per heavy atom. The Kier molecular flexibility index (Phi) is 4.63. The van der Waals surface area contributed by atoms with Gasteiger partial charge in [-0.3, -0.25) is 9.97 Å². The summed E-state index contributed by atoms with van der Waals surface area (Å²) in [5.41, 5.74) is 6.87. The van der Waals surface area contributed by atoms with Gasteiger partial charge in [0.05, 0.1) is 11.0 Å². The van der Waals surface area contributed by atoms with Gasteiger partial charge in [-0.05, 0) is 84.9 Å².